The van der Waals surface area contributed by atoms with Gasteiger partial charge in [0.15, 0.2) is 23.5 Å². The Morgan fingerprint density at radius 2 is 2.06 bits per heavy atom. The van der Waals surface area contributed by atoms with Crippen LogP contribution in [-0.2, 0) is 33.4 Å². The summed E-state index contributed by atoms with van der Waals surface area (Å²) in [5.41, 5.74) is -1.47. The molecule has 0 unspecified atom stereocenters. The number of hydrogen-bond donors (Lipinski definition) is 1. The molecule has 35 heavy (non-hydrogen) atoms. The molecule has 0 radical (unpaired) electrons. The molecule has 4 aliphatic carbocycles. The van der Waals surface area contributed by atoms with E-state index in [1.165, 1.54) is 0 Å². The Morgan fingerprint density at radius 3 is 2.74 bits per heavy atom. The Labute approximate surface area is 207 Å². The standard InChI is InChI=1S/C26H36O8S/c1-5-6-22-33-21-12-18-17-8-7-15-11-16(27)9-10-24(15,2)23(17)19(28)13-25(18,3)26(21,34-22)20(29)14-32-35(4,30)31/h9-11,17-19,21-23,28H,5-8,12-14H2,1-4H3/t17-,18-,19+,21+,22+,23+,24-,25-,26+/m0/s1. The lowest BCUT2D eigenvalue weighted by molar-refractivity contribution is -0.200. The zero-order valence-electron chi connectivity index (χ0n) is 20.9. The van der Waals surface area contributed by atoms with E-state index in [1.54, 1.807) is 12.2 Å². The van der Waals surface area contributed by atoms with Crippen LogP contribution in [0.2, 0.25) is 0 Å². The van der Waals surface area contributed by atoms with Crippen LogP contribution in [0.5, 0.6) is 0 Å². The molecule has 0 aromatic rings. The molecular weight excluding hydrogens is 472 g/mol. The summed E-state index contributed by atoms with van der Waals surface area (Å²) in [6, 6.07) is 0. The van der Waals surface area contributed by atoms with E-state index in [1.807, 2.05) is 19.9 Å². The van der Waals surface area contributed by atoms with E-state index >= 15 is 0 Å². The Kier molecular flexibility index (Phi) is 6.00. The summed E-state index contributed by atoms with van der Waals surface area (Å²) in [5.74, 6) is -0.398. The van der Waals surface area contributed by atoms with Gasteiger partial charge in [-0.15, -0.1) is 0 Å². The average Bonchev–Trinajstić information content (AvgIpc) is 3.24. The number of ether oxygens (including phenoxy) is 2. The molecule has 4 fully saturated rings. The number of rotatable bonds is 6. The highest BCUT2D eigenvalue weighted by molar-refractivity contribution is 7.86. The van der Waals surface area contributed by atoms with Crippen molar-refractivity contribution in [3.8, 4) is 0 Å². The van der Waals surface area contributed by atoms with Gasteiger partial charge in [0.2, 0.25) is 0 Å². The molecule has 0 spiro atoms. The number of carbonyl (C=O) groups excluding carboxylic acids is 2. The van der Waals surface area contributed by atoms with Crippen LogP contribution in [-0.4, -0.2) is 62.1 Å². The number of ketones is 2. The number of aliphatic hydroxyl groups is 1. The second-order valence-corrected chi connectivity index (χ2v) is 13.2. The van der Waals surface area contributed by atoms with E-state index in [9.17, 15) is 23.1 Å². The van der Waals surface area contributed by atoms with E-state index in [-0.39, 0.29) is 23.5 Å². The minimum atomic E-state index is -3.82. The lowest BCUT2D eigenvalue weighted by Gasteiger charge is -2.59. The molecule has 0 aromatic heterocycles. The van der Waals surface area contributed by atoms with Gasteiger partial charge in [-0.3, -0.25) is 13.8 Å². The molecule has 3 saturated carbocycles. The van der Waals surface area contributed by atoms with Gasteiger partial charge in [-0.25, -0.2) is 0 Å². The van der Waals surface area contributed by atoms with Crippen LogP contribution in [0.25, 0.3) is 0 Å². The monoisotopic (exact) mass is 508 g/mol. The molecule has 0 amide bonds. The maximum absolute atomic E-state index is 13.8. The van der Waals surface area contributed by atoms with Crippen molar-refractivity contribution in [2.45, 2.75) is 83.4 Å². The topological polar surface area (TPSA) is 116 Å². The zero-order chi connectivity index (χ0) is 25.4. The summed E-state index contributed by atoms with van der Waals surface area (Å²) in [5, 5.41) is 11.7. The quantitative estimate of drug-likeness (QED) is 0.545. The van der Waals surface area contributed by atoms with Gasteiger partial charge >= 0.3 is 0 Å². The van der Waals surface area contributed by atoms with Crippen molar-refractivity contribution in [2.24, 2.45) is 28.6 Å². The summed E-state index contributed by atoms with van der Waals surface area (Å²) in [6.07, 6.45) is 8.33. The van der Waals surface area contributed by atoms with E-state index in [0.29, 0.717) is 19.3 Å². The molecule has 1 aliphatic heterocycles. The number of allylic oxidation sites excluding steroid dienone is 4. The first-order valence-electron chi connectivity index (χ1n) is 12.7. The SMILES string of the molecule is CCC[C@@H]1O[C@@H]2C[C@H]3[C@@H]4CCC5=CC(=O)C=C[C@]5(C)[C@H]4[C@H](O)C[C@]3(C)[C@]2(C(=O)COS(C)(=O)=O)O1. The molecule has 0 bridgehead atoms. The van der Waals surface area contributed by atoms with Crippen molar-refractivity contribution in [3.63, 3.8) is 0 Å². The third-order valence-electron chi connectivity index (χ3n) is 9.63. The Morgan fingerprint density at radius 1 is 1.31 bits per heavy atom. The van der Waals surface area contributed by atoms with Gasteiger partial charge in [0.25, 0.3) is 10.1 Å². The van der Waals surface area contributed by atoms with Crippen LogP contribution >= 0.6 is 0 Å². The molecule has 194 valence electrons. The highest BCUT2D eigenvalue weighted by Crippen LogP contribution is 2.69. The molecule has 1 N–H and O–H groups in total. The first-order valence-corrected chi connectivity index (χ1v) is 14.5. The molecule has 5 aliphatic rings. The normalized spacial score (nSPS) is 46.4. The maximum atomic E-state index is 13.8. The highest BCUT2D eigenvalue weighted by atomic mass is 32.2. The van der Waals surface area contributed by atoms with Gasteiger partial charge in [-0.05, 0) is 56.1 Å². The predicted molar refractivity (Wildman–Crippen MR) is 127 cm³/mol. The largest absolute Gasteiger partial charge is 0.393 e. The predicted octanol–water partition coefficient (Wildman–Crippen LogP) is 2.70. The van der Waals surface area contributed by atoms with Gasteiger partial charge in [0.05, 0.1) is 18.5 Å². The summed E-state index contributed by atoms with van der Waals surface area (Å²) in [6.45, 7) is 5.50. The molecule has 1 saturated heterocycles. The van der Waals surface area contributed by atoms with Crippen molar-refractivity contribution in [1.82, 2.24) is 0 Å². The van der Waals surface area contributed by atoms with Gasteiger partial charge in [0, 0.05) is 16.7 Å². The van der Waals surface area contributed by atoms with Crippen molar-refractivity contribution in [3.05, 3.63) is 23.8 Å². The summed E-state index contributed by atoms with van der Waals surface area (Å²) < 4.78 is 41.1. The second kappa shape index (κ2) is 8.31. The Hall–Kier alpha value is -1.39. The van der Waals surface area contributed by atoms with Gasteiger partial charge in [-0.1, -0.05) is 38.8 Å². The smallest absolute Gasteiger partial charge is 0.264 e. The third-order valence-corrected chi connectivity index (χ3v) is 10.2. The molecule has 9 heteroatoms. The van der Waals surface area contributed by atoms with Crippen molar-refractivity contribution in [1.29, 1.82) is 0 Å². The first-order chi connectivity index (χ1) is 16.4. The number of hydrogen-bond acceptors (Lipinski definition) is 8. The van der Waals surface area contributed by atoms with E-state index in [2.05, 4.69) is 6.92 Å². The molecule has 8 nitrogen and oxygen atoms in total. The average molecular weight is 509 g/mol. The third kappa shape index (κ3) is 3.64. The van der Waals surface area contributed by atoms with Crippen LogP contribution in [0.15, 0.2) is 23.8 Å². The zero-order valence-corrected chi connectivity index (χ0v) is 21.7. The van der Waals surface area contributed by atoms with Crippen molar-refractivity contribution in [2.75, 3.05) is 12.9 Å². The number of carbonyl (C=O) groups is 2. The Balaban J connectivity index is 1.53. The van der Waals surface area contributed by atoms with Crippen LogP contribution < -0.4 is 0 Å². The fraction of sp³-hybridized carbons (Fsp3) is 0.769. The van der Waals surface area contributed by atoms with E-state index in [4.69, 9.17) is 13.7 Å². The molecule has 1 heterocycles. The minimum Gasteiger partial charge on any atom is -0.393 e. The molecule has 0 aromatic carbocycles. The van der Waals surface area contributed by atoms with E-state index < -0.39 is 57.4 Å². The minimum absolute atomic E-state index is 0.0133. The number of Topliss-reactive ketones (excluding diaryl/α,β-unsaturated/α-hetero) is 1. The van der Waals surface area contributed by atoms with Crippen LogP contribution in [0.3, 0.4) is 0 Å². The lowest BCUT2D eigenvalue weighted by Crippen LogP contribution is -2.63. The Bertz CT molecular complexity index is 1090. The number of fused-ring (bicyclic) bond motifs is 7. The summed E-state index contributed by atoms with van der Waals surface area (Å²) in [4.78, 5) is 25.8. The lowest BCUT2D eigenvalue weighted by atomic mass is 9.46. The fourth-order valence-electron chi connectivity index (χ4n) is 8.27. The second-order valence-electron chi connectivity index (χ2n) is 11.5. The fourth-order valence-corrected chi connectivity index (χ4v) is 8.59. The van der Waals surface area contributed by atoms with Gasteiger partial charge in [-0.2, -0.15) is 8.42 Å². The molecule has 9 atom stereocenters. The first kappa shape index (κ1) is 25.3. The van der Waals surface area contributed by atoms with Gasteiger partial charge in [0.1, 0.15) is 6.61 Å². The summed E-state index contributed by atoms with van der Waals surface area (Å²) >= 11 is 0. The van der Waals surface area contributed by atoms with Crippen LogP contribution in [0.4, 0.5) is 0 Å². The van der Waals surface area contributed by atoms with Crippen molar-refractivity contribution >= 4 is 21.7 Å². The van der Waals surface area contributed by atoms with E-state index in [0.717, 1.165) is 31.1 Å². The molecular formula is C26H36O8S. The van der Waals surface area contributed by atoms with Gasteiger partial charge < -0.3 is 14.6 Å². The molecule has 5 rings (SSSR count). The highest BCUT2D eigenvalue weighted by Gasteiger charge is 2.75. The maximum Gasteiger partial charge on any atom is 0.264 e. The summed E-state index contributed by atoms with van der Waals surface area (Å²) in [7, 11) is -3.82. The van der Waals surface area contributed by atoms with Crippen LogP contribution in [0.1, 0.15) is 59.3 Å². The van der Waals surface area contributed by atoms with Crippen molar-refractivity contribution < 1.29 is 36.8 Å². The number of aliphatic hydroxyl groups excluding tert-OH is 1. The van der Waals surface area contributed by atoms with Crippen LogP contribution in [0, 0.1) is 28.6 Å².